The van der Waals surface area contributed by atoms with Crippen LogP contribution in [0.15, 0.2) is 79.1 Å². The van der Waals surface area contributed by atoms with Crippen molar-refractivity contribution in [3.8, 4) is 0 Å². The van der Waals surface area contributed by atoms with Crippen LogP contribution in [0.5, 0.6) is 0 Å². The lowest BCUT2D eigenvalue weighted by molar-refractivity contribution is -0.137. The van der Waals surface area contributed by atoms with E-state index in [9.17, 15) is 18.0 Å². The van der Waals surface area contributed by atoms with Crippen molar-refractivity contribution in [3.05, 3.63) is 95.8 Å². The molecule has 222 valence electrons. The van der Waals surface area contributed by atoms with Crippen LogP contribution in [0.2, 0.25) is 0 Å². The fourth-order valence-corrected chi connectivity index (χ4v) is 6.01. The Morgan fingerprint density at radius 1 is 0.952 bits per heavy atom. The molecule has 0 spiro atoms. The average Bonchev–Trinajstić information content (AvgIpc) is 3.54. The fraction of sp³-hybridized carbons (Fsp3) is 0.394. The predicted octanol–water partition coefficient (Wildman–Crippen LogP) is 7.27. The van der Waals surface area contributed by atoms with Gasteiger partial charge in [0.05, 0.1) is 11.6 Å². The number of alkyl halides is 4. The first-order valence-electron chi connectivity index (χ1n) is 14.5. The largest absolute Gasteiger partial charge is 0.416 e. The summed E-state index contributed by atoms with van der Waals surface area (Å²) in [6, 6.07) is 16.1. The van der Waals surface area contributed by atoms with E-state index in [4.69, 9.17) is 0 Å². The monoisotopic (exact) mass is 580 g/mol. The molecule has 3 aromatic rings. The molecule has 0 N–H and O–H groups in total. The average molecular weight is 581 g/mol. The third-order valence-electron chi connectivity index (χ3n) is 8.45. The number of amides is 1. The maximum absolute atomic E-state index is 15.8. The quantitative estimate of drug-likeness (QED) is 0.208. The molecule has 0 radical (unpaired) electrons. The predicted molar refractivity (Wildman–Crippen MR) is 157 cm³/mol. The summed E-state index contributed by atoms with van der Waals surface area (Å²) in [5, 5.41) is 0. The molecule has 5 nitrogen and oxygen atoms in total. The van der Waals surface area contributed by atoms with Crippen molar-refractivity contribution in [2.24, 2.45) is 0 Å². The van der Waals surface area contributed by atoms with Gasteiger partial charge in [0.1, 0.15) is 6.17 Å². The summed E-state index contributed by atoms with van der Waals surface area (Å²) >= 11 is 0. The van der Waals surface area contributed by atoms with Crippen molar-refractivity contribution in [2.45, 2.75) is 63.1 Å². The lowest BCUT2D eigenvalue weighted by atomic mass is 9.98. The summed E-state index contributed by atoms with van der Waals surface area (Å²) in [5.74, 6) is -0.366. The van der Waals surface area contributed by atoms with E-state index >= 15 is 4.39 Å². The molecule has 1 amide bonds. The lowest BCUT2D eigenvalue weighted by Gasteiger charge is -2.42. The van der Waals surface area contributed by atoms with Gasteiger partial charge in [-0.1, -0.05) is 37.1 Å². The highest BCUT2D eigenvalue weighted by atomic mass is 19.4. The maximum Gasteiger partial charge on any atom is 0.416 e. The van der Waals surface area contributed by atoms with Crippen LogP contribution >= 0.6 is 0 Å². The number of anilines is 2. The molecule has 1 aromatic heterocycles. The van der Waals surface area contributed by atoms with Gasteiger partial charge in [0.25, 0.3) is 0 Å². The third-order valence-corrected chi connectivity index (χ3v) is 8.45. The molecule has 1 aliphatic carbocycles. The molecule has 2 fully saturated rings. The molecule has 0 bridgehead atoms. The van der Waals surface area contributed by atoms with E-state index in [2.05, 4.69) is 9.88 Å². The normalized spacial score (nSPS) is 20.2. The van der Waals surface area contributed by atoms with Crippen molar-refractivity contribution in [3.63, 3.8) is 0 Å². The molecule has 1 aliphatic heterocycles. The number of hydrogen-bond acceptors (Lipinski definition) is 4. The van der Waals surface area contributed by atoms with Gasteiger partial charge in [-0.25, -0.2) is 4.39 Å². The van der Waals surface area contributed by atoms with E-state index in [0.29, 0.717) is 24.6 Å². The van der Waals surface area contributed by atoms with Gasteiger partial charge in [-0.15, -0.1) is 0 Å². The zero-order valence-corrected chi connectivity index (χ0v) is 23.7. The molecule has 1 saturated carbocycles. The first-order chi connectivity index (χ1) is 20.2. The van der Waals surface area contributed by atoms with E-state index < -0.39 is 24.0 Å². The Hall–Kier alpha value is -3.72. The number of rotatable bonds is 8. The molecule has 2 aliphatic rings. The molecule has 1 saturated heterocycles. The Bertz CT molecular complexity index is 1340. The molecule has 0 unspecified atom stereocenters. The number of pyridine rings is 1. The lowest BCUT2D eigenvalue weighted by Crippen LogP contribution is -2.55. The van der Waals surface area contributed by atoms with Gasteiger partial charge in [-0.2, -0.15) is 13.2 Å². The van der Waals surface area contributed by atoms with Crippen molar-refractivity contribution in [1.82, 2.24) is 14.8 Å². The van der Waals surface area contributed by atoms with Crippen LogP contribution in [-0.2, 0) is 17.5 Å². The van der Waals surface area contributed by atoms with Gasteiger partial charge >= 0.3 is 6.18 Å². The Morgan fingerprint density at radius 3 is 2.21 bits per heavy atom. The molecule has 42 heavy (non-hydrogen) atoms. The van der Waals surface area contributed by atoms with Crippen LogP contribution in [0, 0.1) is 0 Å². The minimum atomic E-state index is -4.43. The number of aromatic nitrogens is 1. The number of carbonyl (C=O) groups excluding carboxylic acids is 1. The van der Waals surface area contributed by atoms with Crippen molar-refractivity contribution in [2.75, 3.05) is 25.0 Å². The zero-order chi connectivity index (χ0) is 29.7. The topological polar surface area (TPSA) is 39.7 Å². The molecular formula is C33H36F4N4O. The molecule has 2 heterocycles. The van der Waals surface area contributed by atoms with E-state index in [0.717, 1.165) is 48.5 Å². The summed E-state index contributed by atoms with van der Waals surface area (Å²) in [5.41, 5.74) is 2.52. The highest BCUT2D eigenvalue weighted by molar-refractivity contribution is 5.92. The van der Waals surface area contributed by atoms with Gasteiger partial charge in [0.2, 0.25) is 5.91 Å². The Labute approximate surface area is 244 Å². The van der Waals surface area contributed by atoms with Crippen LogP contribution < -0.4 is 4.90 Å². The summed E-state index contributed by atoms with van der Waals surface area (Å²) in [6.45, 7) is 1.26. The van der Waals surface area contributed by atoms with E-state index in [-0.39, 0.29) is 12.5 Å². The smallest absolute Gasteiger partial charge is 0.345 e. The number of hydrogen-bond donors (Lipinski definition) is 0. The molecule has 2 atom stereocenters. The van der Waals surface area contributed by atoms with Gasteiger partial charge in [-0.3, -0.25) is 14.7 Å². The summed E-state index contributed by atoms with van der Waals surface area (Å²) in [4.78, 5) is 23.5. The molecule has 9 heteroatoms. The number of likely N-dealkylation sites (tertiary alicyclic amines) is 1. The minimum absolute atomic E-state index is 0.226. The van der Waals surface area contributed by atoms with Gasteiger partial charge in [0, 0.05) is 62.6 Å². The van der Waals surface area contributed by atoms with Crippen LogP contribution in [0.1, 0.15) is 48.8 Å². The Kier molecular flexibility index (Phi) is 9.26. The number of piperidine rings is 1. The highest BCUT2D eigenvalue weighted by Crippen LogP contribution is 2.31. The van der Waals surface area contributed by atoms with Crippen LogP contribution in [0.3, 0.4) is 0 Å². The van der Waals surface area contributed by atoms with Gasteiger partial charge < -0.3 is 9.80 Å². The third kappa shape index (κ3) is 7.18. The van der Waals surface area contributed by atoms with Crippen LogP contribution in [0.25, 0.3) is 6.08 Å². The zero-order valence-electron chi connectivity index (χ0n) is 23.7. The van der Waals surface area contributed by atoms with Crippen molar-refractivity contribution < 1.29 is 22.4 Å². The summed E-state index contributed by atoms with van der Waals surface area (Å²) < 4.78 is 54.6. The van der Waals surface area contributed by atoms with Gasteiger partial charge in [0.15, 0.2) is 0 Å². The molecular weight excluding hydrogens is 544 g/mol. The Balaban J connectivity index is 1.33. The second-order valence-corrected chi connectivity index (χ2v) is 11.2. The second kappa shape index (κ2) is 13.1. The fourth-order valence-electron chi connectivity index (χ4n) is 6.01. The SMILES string of the molecule is CN(c1ccncc1)c1ccc(CN(C(=O)/C=C/c2ccc(C(F)(F)F)cc2)[C@@H]2CCN(C3CCCC3)C[C@H]2F)cc1. The van der Waals surface area contributed by atoms with Crippen LogP contribution in [-0.4, -0.2) is 59.1 Å². The number of halogens is 4. The highest BCUT2D eigenvalue weighted by Gasteiger charge is 2.38. The van der Waals surface area contributed by atoms with Gasteiger partial charge in [-0.05, 0) is 72.9 Å². The number of benzene rings is 2. The van der Waals surface area contributed by atoms with Crippen LogP contribution in [0.4, 0.5) is 28.9 Å². The Morgan fingerprint density at radius 2 is 1.60 bits per heavy atom. The minimum Gasteiger partial charge on any atom is -0.345 e. The van der Waals surface area contributed by atoms with E-state index in [1.54, 1.807) is 17.3 Å². The van der Waals surface area contributed by atoms with E-state index in [1.807, 2.05) is 48.3 Å². The van der Waals surface area contributed by atoms with Crippen molar-refractivity contribution in [1.29, 1.82) is 0 Å². The maximum atomic E-state index is 15.8. The first kappa shape index (κ1) is 29.8. The van der Waals surface area contributed by atoms with E-state index in [1.165, 1.54) is 37.1 Å². The molecule has 5 rings (SSSR count). The van der Waals surface area contributed by atoms with Crippen molar-refractivity contribution >= 4 is 23.4 Å². The molecule has 2 aromatic carbocycles. The standard InChI is InChI=1S/C33H36F4N4O/c1-39(28-16-19-38-20-17-28)27-13-8-25(9-14-27)22-41(31-18-21-40(23-30(31)34)29-4-2-3-5-29)32(42)15-10-24-6-11-26(12-7-24)33(35,36)37/h6-17,19-20,29-31H,2-5,18,21-23H2,1H3/b15-10+/t30-,31-/m1/s1. The first-order valence-corrected chi connectivity index (χ1v) is 14.5. The second-order valence-electron chi connectivity index (χ2n) is 11.2. The number of carbonyl (C=O) groups is 1. The number of nitrogens with zero attached hydrogens (tertiary/aromatic N) is 4. The summed E-state index contributed by atoms with van der Waals surface area (Å²) in [7, 11) is 1.96. The summed E-state index contributed by atoms with van der Waals surface area (Å²) in [6.07, 6.45) is 5.72.